The number of hydrogen-bond acceptors (Lipinski definition) is 3. The molecule has 172 valence electrons. The molecule has 0 aromatic heterocycles. The van der Waals surface area contributed by atoms with Crippen LogP contribution in [-0.2, 0) is 4.79 Å². The molecule has 2 aliphatic rings. The highest BCUT2D eigenvalue weighted by Gasteiger charge is 2.29. The molecule has 1 amide bonds. The van der Waals surface area contributed by atoms with Crippen LogP contribution in [0.3, 0.4) is 0 Å². The van der Waals surface area contributed by atoms with Crippen molar-refractivity contribution in [2.75, 3.05) is 39.8 Å². The van der Waals surface area contributed by atoms with E-state index in [2.05, 4.69) is 16.8 Å². The Kier molecular flexibility index (Phi) is 7.53. The molecular formula is C26H33F2N3O. The molecular weight excluding hydrogens is 408 g/mol. The van der Waals surface area contributed by atoms with Crippen LogP contribution in [0.15, 0.2) is 48.5 Å². The molecule has 0 spiro atoms. The van der Waals surface area contributed by atoms with Crippen LogP contribution in [0.4, 0.5) is 8.78 Å². The first kappa shape index (κ1) is 22.9. The molecule has 2 fully saturated rings. The van der Waals surface area contributed by atoms with E-state index in [9.17, 15) is 13.6 Å². The van der Waals surface area contributed by atoms with Gasteiger partial charge in [0.05, 0.1) is 12.6 Å². The number of benzene rings is 2. The summed E-state index contributed by atoms with van der Waals surface area (Å²) < 4.78 is 27.0. The van der Waals surface area contributed by atoms with E-state index < -0.39 is 0 Å². The lowest BCUT2D eigenvalue weighted by atomic mass is 9.94. The molecule has 1 aliphatic heterocycles. The van der Waals surface area contributed by atoms with Gasteiger partial charge in [-0.1, -0.05) is 43.5 Å². The SMILES string of the molecule is CN(CC(=O)N1CCN(C(c2ccc(F)cc2)c2ccc(F)cc2)CC1)C1CCCCC1. The Morgan fingerprint density at radius 2 is 1.38 bits per heavy atom. The molecule has 4 nitrogen and oxygen atoms in total. The second kappa shape index (κ2) is 10.5. The lowest BCUT2D eigenvalue weighted by Gasteiger charge is -2.40. The third-order valence-corrected chi connectivity index (χ3v) is 6.99. The molecule has 4 rings (SSSR count). The zero-order valence-corrected chi connectivity index (χ0v) is 18.9. The molecule has 1 saturated carbocycles. The second-order valence-corrected chi connectivity index (χ2v) is 9.13. The number of likely N-dealkylation sites (N-methyl/N-ethyl adjacent to an activating group) is 1. The van der Waals surface area contributed by atoms with E-state index in [0.29, 0.717) is 25.7 Å². The van der Waals surface area contributed by atoms with Crippen molar-refractivity contribution in [1.82, 2.24) is 14.7 Å². The van der Waals surface area contributed by atoms with Gasteiger partial charge in [-0.2, -0.15) is 0 Å². The van der Waals surface area contributed by atoms with Crippen molar-refractivity contribution in [3.05, 3.63) is 71.3 Å². The van der Waals surface area contributed by atoms with Crippen molar-refractivity contribution in [3.63, 3.8) is 0 Å². The maximum absolute atomic E-state index is 13.5. The van der Waals surface area contributed by atoms with Crippen LogP contribution < -0.4 is 0 Å². The maximum atomic E-state index is 13.5. The van der Waals surface area contributed by atoms with Gasteiger partial charge in [0.1, 0.15) is 11.6 Å². The van der Waals surface area contributed by atoms with Crippen LogP contribution in [0.5, 0.6) is 0 Å². The van der Waals surface area contributed by atoms with E-state index in [1.54, 1.807) is 24.3 Å². The Bertz CT molecular complexity index is 827. The Labute approximate surface area is 189 Å². The minimum atomic E-state index is -0.274. The van der Waals surface area contributed by atoms with E-state index in [1.165, 1.54) is 56.4 Å². The van der Waals surface area contributed by atoms with Gasteiger partial charge < -0.3 is 4.90 Å². The van der Waals surface area contributed by atoms with Gasteiger partial charge in [-0.05, 0) is 55.3 Å². The summed E-state index contributed by atoms with van der Waals surface area (Å²) in [5.41, 5.74) is 1.93. The zero-order chi connectivity index (χ0) is 22.5. The number of hydrogen-bond donors (Lipinski definition) is 0. The van der Waals surface area contributed by atoms with Crippen LogP contribution in [0.25, 0.3) is 0 Å². The standard InChI is InChI=1S/C26H33F2N3O/c1-29(24-5-3-2-4-6-24)19-25(32)30-15-17-31(18-16-30)26(20-7-11-22(27)12-8-20)21-9-13-23(28)14-10-21/h7-14,24,26H,2-6,15-19H2,1H3. The quantitative estimate of drug-likeness (QED) is 0.662. The fraction of sp³-hybridized carbons (Fsp3) is 0.500. The summed E-state index contributed by atoms with van der Waals surface area (Å²) in [6, 6.07) is 13.5. The Morgan fingerprint density at radius 1 is 0.875 bits per heavy atom. The van der Waals surface area contributed by atoms with Crippen molar-refractivity contribution in [1.29, 1.82) is 0 Å². The van der Waals surface area contributed by atoms with E-state index in [4.69, 9.17) is 0 Å². The summed E-state index contributed by atoms with van der Waals surface area (Å²) in [6.45, 7) is 3.24. The first-order valence-electron chi connectivity index (χ1n) is 11.7. The summed E-state index contributed by atoms with van der Waals surface area (Å²) >= 11 is 0. The zero-order valence-electron chi connectivity index (χ0n) is 18.9. The number of halogens is 2. The van der Waals surface area contributed by atoms with Crippen LogP contribution in [0.1, 0.15) is 49.3 Å². The number of rotatable bonds is 6. The van der Waals surface area contributed by atoms with Crippen LogP contribution in [0.2, 0.25) is 0 Å². The van der Waals surface area contributed by atoms with Gasteiger partial charge >= 0.3 is 0 Å². The van der Waals surface area contributed by atoms with Gasteiger partial charge in [0.2, 0.25) is 5.91 Å². The predicted octanol–water partition coefficient (Wildman–Crippen LogP) is 4.46. The van der Waals surface area contributed by atoms with E-state index in [-0.39, 0.29) is 23.6 Å². The summed E-state index contributed by atoms with van der Waals surface area (Å²) in [6.07, 6.45) is 6.21. The molecule has 2 aromatic rings. The second-order valence-electron chi connectivity index (χ2n) is 9.13. The fourth-order valence-corrected chi connectivity index (χ4v) is 5.10. The van der Waals surface area contributed by atoms with Crippen LogP contribution in [-0.4, -0.2) is 66.4 Å². The molecule has 0 bridgehead atoms. The third-order valence-electron chi connectivity index (χ3n) is 6.99. The first-order chi connectivity index (χ1) is 15.5. The summed E-state index contributed by atoms with van der Waals surface area (Å²) in [4.78, 5) is 19.4. The Balaban J connectivity index is 1.41. The van der Waals surface area contributed by atoms with Crippen LogP contribution >= 0.6 is 0 Å². The van der Waals surface area contributed by atoms with Crippen LogP contribution in [0, 0.1) is 11.6 Å². The van der Waals surface area contributed by atoms with Gasteiger partial charge in [0.25, 0.3) is 0 Å². The topological polar surface area (TPSA) is 26.8 Å². The number of carbonyl (C=O) groups is 1. The number of piperazine rings is 1. The molecule has 0 atom stereocenters. The lowest BCUT2D eigenvalue weighted by Crippen LogP contribution is -2.52. The van der Waals surface area contributed by atoms with Gasteiger partial charge in [-0.3, -0.25) is 14.6 Å². The van der Waals surface area contributed by atoms with Gasteiger partial charge in [0, 0.05) is 32.2 Å². The molecule has 1 heterocycles. The smallest absolute Gasteiger partial charge is 0.236 e. The van der Waals surface area contributed by atoms with Crippen molar-refractivity contribution < 1.29 is 13.6 Å². The minimum Gasteiger partial charge on any atom is -0.339 e. The van der Waals surface area contributed by atoms with Gasteiger partial charge in [-0.25, -0.2) is 8.78 Å². The molecule has 32 heavy (non-hydrogen) atoms. The highest BCUT2D eigenvalue weighted by molar-refractivity contribution is 5.78. The molecule has 0 radical (unpaired) electrons. The molecule has 1 aliphatic carbocycles. The lowest BCUT2D eigenvalue weighted by molar-refractivity contribution is -0.134. The summed E-state index contributed by atoms with van der Waals surface area (Å²) in [7, 11) is 2.07. The highest BCUT2D eigenvalue weighted by atomic mass is 19.1. The molecule has 2 aromatic carbocycles. The number of carbonyl (C=O) groups excluding carboxylic acids is 1. The molecule has 1 saturated heterocycles. The van der Waals surface area contributed by atoms with E-state index >= 15 is 0 Å². The van der Waals surface area contributed by atoms with E-state index in [1.807, 2.05) is 4.90 Å². The minimum absolute atomic E-state index is 0.0987. The monoisotopic (exact) mass is 441 g/mol. The molecule has 6 heteroatoms. The molecule has 0 unspecified atom stereocenters. The molecule has 0 N–H and O–H groups in total. The Morgan fingerprint density at radius 3 is 1.88 bits per heavy atom. The van der Waals surface area contributed by atoms with Crippen molar-refractivity contribution in [2.45, 2.75) is 44.2 Å². The highest BCUT2D eigenvalue weighted by Crippen LogP contribution is 2.30. The maximum Gasteiger partial charge on any atom is 0.236 e. The predicted molar refractivity (Wildman–Crippen MR) is 122 cm³/mol. The average molecular weight is 442 g/mol. The van der Waals surface area contributed by atoms with E-state index in [0.717, 1.165) is 24.2 Å². The van der Waals surface area contributed by atoms with Gasteiger partial charge in [-0.15, -0.1) is 0 Å². The fourth-order valence-electron chi connectivity index (χ4n) is 5.10. The van der Waals surface area contributed by atoms with Crippen molar-refractivity contribution >= 4 is 5.91 Å². The average Bonchev–Trinajstić information content (AvgIpc) is 2.82. The number of nitrogens with zero attached hydrogens (tertiary/aromatic N) is 3. The summed E-state index contributed by atoms with van der Waals surface area (Å²) in [5.74, 6) is -0.356. The first-order valence-corrected chi connectivity index (χ1v) is 11.7. The third kappa shape index (κ3) is 5.54. The largest absolute Gasteiger partial charge is 0.339 e. The van der Waals surface area contributed by atoms with Crippen molar-refractivity contribution in [3.8, 4) is 0 Å². The Hall–Kier alpha value is -2.31. The van der Waals surface area contributed by atoms with Crippen molar-refractivity contribution in [2.24, 2.45) is 0 Å². The summed E-state index contributed by atoms with van der Waals surface area (Å²) in [5, 5.41) is 0. The van der Waals surface area contributed by atoms with Gasteiger partial charge in [0.15, 0.2) is 0 Å². The number of amides is 1. The normalized spacial score (nSPS) is 18.5.